The number of hydrogen-bond donors (Lipinski definition) is 1. The Labute approximate surface area is 112 Å². The number of carboxylic acids is 1. The summed E-state index contributed by atoms with van der Waals surface area (Å²) in [5.41, 5.74) is 1.23. The first-order chi connectivity index (χ1) is 8.40. The van der Waals surface area contributed by atoms with E-state index < -0.39 is 5.97 Å². The molecule has 1 aromatic heterocycles. The van der Waals surface area contributed by atoms with Crippen molar-refractivity contribution in [3.63, 3.8) is 0 Å². The van der Waals surface area contributed by atoms with Gasteiger partial charge in [-0.3, -0.25) is 4.79 Å². The Morgan fingerprint density at radius 1 is 1.67 bits per heavy atom. The molecule has 5 heteroatoms. The zero-order chi connectivity index (χ0) is 13.3. The van der Waals surface area contributed by atoms with Gasteiger partial charge in [-0.2, -0.15) is 0 Å². The van der Waals surface area contributed by atoms with E-state index in [0.717, 1.165) is 17.3 Å². The molecule has 1 aliphatic rings. The van der Waals surface area contributed by atoms with Gasteiger partial charge in [-0.15, -0.1) is 0 Å². The molecule has 4 nitrogen and oxygen atoms in total. The van der Waals surface area contributed by atoms with Gasteiger partial charge in [-0.1, -0.05) is 32.0 Å². The molecule has 1 aliphatic carbocycles. The zero-order valence-electron chi connectivity index (χ0n) is 11.1. The number of thioether (sulfide) groups is 1. The second-order valence-electron chi connectivity index (χ2n) is 5.65. The number of carbonyl (C=O) groups is 1. The average molecular weight is 268 g/mol. The van der Waals surface area contributed by atoms with Gasteiger partial charge in [0.25, 0.3) is 0 Å². The monoisotopic (exact) mass is 268 g/mol. The minimum Gasteiger partial charge on any atom is -0.481 e. The van der Waals surface area contributed by atoms with Crippen molar-refractivity contribution < 1.29 is 9.90 Å². The van der Waals surface area contributed by atoms with Crippen LogP contribution in [0.3, 0.4) is 0 Å². The molecule has 0 saturated heterocycles. The molecule has 0 aromatic carbocycles. The van der Waals surface area contributed by atoms with Crippen LogP contribution in [0.25, 0.3) is 0 Å². The lowest BCUT2D eigenvalue weighted by molar-refractivity contribution is -0.133. The van der Waals surface area contributed by atoms with Crippen LogP contribution >= 0.6 is 11.8 Å². The molecule has 18 heavy (non-hydrogen) atoms. The molecular weight excluding hydrogens is 248 g/mol. The first kappa shape index (κ1) is 13.5. The van der Waals surface area contributed by atoms with E-state index >= 15 is 0 Å². The third-order valence-corrected chi connectivity index (χ3v) is 4.63. The predicted octanol–water partition coefficient (Wildman–Crippen LogP) is 3.12. The standard InChI is InChI=1S/C13H20N2O2S/c1-9-7-15(10-5-4-6-13(10,2)3)12(14-9)18-8-11(16)17/h7,10H,4-6,8H2,1-3H3,(H,16,17). The summed E-state index contributed by atoms with van der Waals surface area (Å²) in [6.45, 7) is 6.53. The molecule has 1 atom stereocenters. The van der Waals surface area contributed by atoms with Gasteiger partial charge in [-0.25, -0.2) is 4.98 Å². The molecule has 0 bridgehead atoms. The van der Waals surface area contributed by atoms with E-state index in [-0.39, 0.29) is 11.2 Å². The minimum absolute atomic E-state index is 0.0730. The van der Waals surface area contributed by atoms with Crippen LogP contribution in [-0.2, 0) is 4.79 Å². The molecule has 0 aliphatic heterocycles. The van der Waals surface area contributed by atoms with Gasteiger partial charge in [-0.05, 0) is 25.2 Å². The Bertz CT molecular complexity index is 454. The maximum absolute atomic E-state index is 10.7. The van der Waals surface area contributed by atoms with Crippen LogP contribution in [-0.4, -0.2) is 26.4 Å². The summed E-state index contributed by atoms with van der Waals surface area (Å²) in [6, 6.07) is 0.440. The van der Waals surface area contributed by atoms with Crippen LogP contribution in [0.15, 0.2) is 11.4 Å². The predicted molar refractivity (Wildman–Crippen MR) is 72.0 cm³/mol. The van der Waals surface area contributed by atoms with E-state index in [0.29, 0.717) is 6.04 Å². The van der Waals surface area contributed by atoms with Gasteiger partial charge in [0.15, 0.2) is 5.16 Å². The van der Waals surface area contributed by atoms with E-state index in [9.17, 15) is 4.79 Å². The summed E-state index contributed by atoms with van der Waals surface area (Å²) < 4.78 is 2.19. The highest BCUT2D eigenvalue weighted by Gasteiger charge is 2.36. The summed E-state index contributed by atoms with van der Waals surface area (Å²) in [7, 11) is 0. The van der Waals surface area contributed by atoms with Crippen LogP contribution in [0.5, 0.6) is 0 Å². The van der Waals surface area contributed by atoms with Crippen molar-refractivity contribution in [3.8, 4) is 0 Å². The number of rotatable bonds is 4. The minimum atomic E-state index is -0.794. The summed E-state index contributed by atoms with van der Waals surface area (Å²) in [5, 5.41) is 9.63. The number of hydrogen-bond acceptors (Lipinski definition) is 3. The van der Waals surface area contributed by atoms with Crippen molar-refractivity contribution >= 4 is 17.7 Å². The van der Waals surface area contributed by atoms with Gasteiger partial charge >= 0.3 is 5.97 Å². The number of nitrogens with zero attached hydrogens (tertiary/aromatic N) is 2. The Morgan fingerprint density at radius 2 is 2.39 bits per heavy atom. The molecule has 0 radical (unpaired) electrons. The molecule has 1 aromatic rings. The fraction of sp³-hybridized carbons (Fsp3) is 0.692. The van der Waals surface area contributed by atoms with Crippen molar-refractivity contribution in [2.24, 2.45) is 5.41 Å². The van der Waals surface area contributed by atoms with Gasteiger partial charge in [0.1, 0.15) is 0 Å². The van der Waals surface area contributed by atoms with Crippen molar-refractivity contribution in [1.29, 1.82) is 0 Å². The van der Waals surface area contributed by atoms with E-state index in [2.05, 4.69) is 29.6 Å². The third kappa shape index (κ3) is 2.71. The van der Waals surface area contributed by atoms with Crippen molar-refractivity contribution in [3.05, 3.63) is 11.9 Å². The van der Waals surface area contributed by atoms with E-state index in [1.165, 1.54) is 24.6 Å². The van der Waals surface area contributed by atoms with Crippen LogP contribution in [0.1, 0.15) is 44.8 Å². The molecule has 1 heterocycles. The van der Waals surface area contributed by atoms with Gasteiger partial charge in [0, 0.05) is 12.2 Å². The molecule has 100 valence electrons. The Kier molecular flexibility index (Phi) is 3.71. The van der Waals surface area contributed by atoms with Crippen LogP contribution in [0, 0.1) is 12.3 Å². The number of aromatic nitrogens is 2. The van der Waals surface area contributed by atoms with E-state index in [4.69, 9.17) is 5.11 Å². The maximum Gasteiger partial charge on any atom is 0.313 e. The first-order valence-corrected chi connectivity index (χ1v) is 7.29. The van der Waals surface area contributed by atoms with Crippen LogP contribution in [0.4, 0.5) is 0 Å². The number of aryl methyl sites for hydroxylation is 1. The Hall–Kier alpha value is -0.970. The van der Waals surface area contributed by atoms with Crippen LogP contribution in [0.2, 0.25) is 0 Å². The molecule has 0 spiro atoms. The highest BCUT2D eigenvalue weighted by Crippen LogP contribution is 2.47. The fourth-order valence-corrected chi connectivity index (χ4v) is 3.56. The van der Waals surface area contributed by atoms with Crippen molar-refractivity contribution in [2.45, 2.75) is 51.2 Å². The second kappa shape index (κ2) is 4.96. The lowest BCUT2D eigenvalue weighted by Crippen LogP contribution is -2.21. The normalized spacial score (nSPS) is 22.3. The molecule has 1 saturated carbocycles. The third-order valence-electron chi connectivity index (χ3n) is 3.68. The SMILES string of the molecule is Cc1cn(C2CCCC2(C)C)c(SCC(=O)O)n1. The smallest absolute Gasteiger partial charge is 0.313 e. The summed E-state index contributed by atoms with van der Waals surface area (Å²) in [5.74, 6) is -0.721. The van der Waals surface area contributed by atoms with Crippen LogP contribution < -0.4 is 0 Å². The molecule has 2 rings (SSSR count). The second-order valence-corrected chi connectivity index (χ2v) is 6.59. The Balaban J connectivity index is 2.24. The topological polar surface area (TPSA) is 55.1 Å². The summed E-state index contributed by atoms with van der Waals surface area (Å²) in [6.07, 6.45) is 5.67. The summed E-state index contributed by atoms with van der Waals surface area (Å²) >= 11 is 1.32. The van der Waals surface area contributed by atoms with Crippen molar-refractivity contribution in [1.82, 2.24) is 9.55 Å². The number of carboxylic acid groups (broad SMARTS) is 1. The molecular formula is C13H20N2O2S. The molecule has 1 N–H and O–H groups in total. The van der Waals surface area contributed by atoms with Gasteiger partial charge in [0.05, 0.1) is 11.4 Å². The molecule has 1 unspecified atom stereocenters. The lowest BCUT2D eigenvalue weighted by atomic mass is 9.87. The molecule has 0 amide bonds. The average Bonchev–Trinajstić information content (AvgIpc) is 2.77. The molecule has 1 fully saturated rings. The number of aliphatic carboxylic acids is 1. The maximum atomic E-state index is 10.7. The fourth-order valence-electron chi connectivity index (χ4n) is 2.77. The first-order valence-electron chi connectivity index (χ1n) is 6.30. The Morgan fingerprint density at radius 3 is 2.94 bits per heavy atom. The lowest BCUT2D eigenvalue weighted by Gasteiger charge is -2.29. The van der Waals surface area contributed by atoms with Gasteiger partial charge in [0.2, 0.25) is 0 Å². The summed E-state index contributed by atoms with van der Waals surface area (Å²) in [4.78, 5) is 15.1. The quantitative estimate of drug-likeness (QED) is 0.852. The van der Waals surface area contributed by atoms with Gasteiger partial charge < -0.3 is 9.67 Å². The highest BCUT2D eigenvalue weighted by atomic mass is 32.2. The zero-order valence-corrected chi connectivity index (χ0v) is 12.0. The van der Waals surface area contributed by atoms with Crippen molar-refractivity contribution in [2.75, 3.05) is 5.75 Å². The van der Waals surface area contributed by atoms with E-state index in [1.54, 1.807) is 0 Å². The highest BCUT2D eigenvalue weighted by molar-refractivity contribution is 7.99. The van der Waals surface area contributed by atoms with E-state index in [1.807, 2.05) is 6.92 Å². The number of imidazole rings is 1. The largest absolute Gasteiger partial charge is 0.481 e.